The van der Waals surface area contributed by atoms with E-state index in [9.17, 15) is 53.1 Å². The Kier molecular flexibility index (Phi) is 20.3. The highest BCUT2D eigenvalue weighted by molar-refractivity contribution is 5.99. The molecule has 0 radical (unpaired) electrons. The van der Waals surface area contributed by atoms with E-state index in [4.69, 9.17) is 61.6 Å². The van der Waals surface area contributed by atoms with Crippen molar-refractivity contribution in [3.8, 4) is 23.0 Å². The molecule has 6 rings (SSSR count). The largest absolute Gasteiger partial charge is 0.488 e. The summed E-state index contributed by atoms with van der Waals surface area (Å²) in [5.74, 6) is -7.61. The summed E-state index contributed by atoms with van der Waals surface area (Å²) in [7, 11) is 0. The van der Waals surface area contributed by atoms with Crippen molar-refractivity contribution in [1.82, 2.24) is 0 Å². The third-order valence-corrected chi connectivity index (χ3v) is 12.0. The zero-order valence-corrected chi connectivity index (χ0v) is 45.3. The second-order valence-corrected chi connectivity index (χ2v) is 18.2. The summed E-state index contributed by atoms with van der Waals surface area (Å²) in [6, 6.07) is 18.5. The Balaban J connectivity index is 1.46. The molecule has 432 valence electrons. The van der Waals surface area contributed by atoms with Crippen LogP contribution in [0, 0.1) is 0 Å². The number of hydrogen-bond donors (Lipinski definition) is 1. The fraction of sp³-hybridized carbons (Fsp3) is 0.382. The molecular formula is C55H58N2O24. The average Bonchev–Trinajstić information content (AvgIpc) is 3.76. The van der Waals surface area contributed by atoms with Crippen molar-refractivity contribution in [3.63, 3.8) is 0 Å². The summed E-state index contributed by atoms with van der Waals surface area (Å²) in [6.07, 6.45) is -1.81. The molecule has 0 saturated carbocycles. The topological polar surface area (TPSA) is 317 Å². The molecule has 1 N–H and O–H groups in total. The summed E-state index contributed by atoms with van der Waals surface area (Å²) in [6.45, 7) is 4.47. The first kappa shape index (κ1) is 60.9. The summed E-state index contributed by atoms with van der Waals surface area (Å²) < 4.78 is 69.8. The van der Waals surface area contributed by atoms with Crippen LogP contribution in [0.25, 0.3) is 0 Å². The van der Waals surface area contributed by atoms with Crippen LogP contribution in [0.5, 0.6) is 23.0 Å². The molecule has 4 aromatic carbocycles. The van der Waals surface area contributed by atoms with Gasteiger partial charge < -0.3 is 76.5 Å². The lowest BCUT2D eigenvalue weighted by Gasteiger charge is -2.44. The van der Waals surface area contributed by atoms with Gasteiger partial charge in [0.05, 0.1) is 23.5 Å². The lowest BCUT2D eigenvalue weighted by molar-refractivity contribution is -0.180. The number of aliphatic hydroxyl groups is 1. The third-order valence-electron chi connectivity index (χ3n) is 12.0. The van der Waals surface area contributed by atoms with Gasteiger partial charge >= 0.3 is 59.7 Å². The number of hydrogen-bond acceptors (Lipinski definition) is 26. The Morgan fingerprint density at radius 1 is 0.506 bits per heavy atom. The van der Waals surface area contributed by atoms with E-state index in [1.165, 1.54) is 60.0 Å². The Morgan fingerprint density at radius 3 is 1.44 bits per heavy atom. The minimum atomic E-state index is -1.84. The normalized spacial score (nSPS) is 13.3. The second kappa shape index (κ2) is 27.0. The van der Waals surface area contributed by atoms with Crippen LogP contribution < -0.4 is 28.7 Å². The molecule has 26 heteroatoms. The van der Waals surface area contributed by atoms with Crippen molar-refractivity contribution in [1.29, 1.82) is 0 Å². The third kappa shape index (κ3) is 15.7. The molecule has 1 atom stereocenters. The van der Waals surface area contributed by atoms with Crippen LogP contribution in [0.3, 0.4) is 0 Å². The van der Waals surface area contributed by atoms with Crippen LogP contribution in [0.4, 0.5) is 11.4 Å². The van der Waals surface area contributed by atoms with E-state index in [1.54, 1.807) is 36.4 Å². The van der Waals surface area contributed by atoms with Crippen molar-refractivity contribution < 1.29 is 115 Å². The molecule has 0 amide bonds. The predicted octanol–water partition coefficient (Wildman–Crippen LogP) is 3.76. The van der Waals surface area contributed by atoms with Crippen LogP contribution in [-0.2, 0) is 96.8 Å². The number of fused-ring (bicyclic) bond motifs is 6. The maximum absolute atomic E-state index is 14.6. The molecule has 81 heavy (non-hydrogen) atoms. The average molecular weight is 1130 g/mol. The van der Waals surface area contributed by atoms with Crippen LogP contribution >= 0.6 is 0 Å². The highest BCUT2D eigenvalue weighted by atomic mass is 16.7. The van der Waals surface area contributed by atoms with Crippen LogP contribution in [0.15, 0.2) is 72.8 Å². The first-order valence-corrected chi connectivity index (χ1v) is 24.6. The number of carbonyl (C=O) groups excluding carboxylic acids is 10. The highest BCUT2D eigenvalue weighted by Crippen LogP contribution is 2.58. The maximum atomic E-state index is 14.6. The molecule has 26 nitrogen and oxygen atoms in total. The van der Waals surface area contributed by atoms with Crippen LogP contribution in [0.1, 0.15) is 93.6 Å². The second-order valence-electron chi connectivity index (χ2n) is 18.2. The van der Waals surface area contributed by atoms with E-state index in [2.05, 4.69) is 0 Å². The molecule has 0 aromatic heterocycles. The van der Waals surface area contributed by atoms with Gasteiger partial charge in [0.2, 0.25) is 20.4 Å². The molecule has 1 aliphatic heterocycles. The molecular weight excluding hydrogens is 1070 g/mol. The van der Waals surface area contributed by atoms with Crippen LogP contribution in [-0.4, -0.2) is 138 Å². The van der Waals surface area contributed by atoms with E-state index in [1.807, 2.05) is 13.8 Å². The number of para-hydroxylation sites is 2. The number of ether oxygens (including phenoxy) is 13. The molecule has 4 aromatic rings. The maximum Gasteiger partial charge on any atom is 0.340 e. The summed E-state index contributed by atoms with van der Waals surface area (Å²) in [5.41, 5.74) is -0.691. The number of carbonyl (C=O) groups is 10. The van der Waals surface area contributed by atoms with Gasteiger partial charge in [-0.1, -0.05) is 38.1 Å². The smallest absolute Gasteiger partial charge is 0.340 e. The van der Waals surface area contributed by atoms with Crippen molar-refractivity contribution >= 4 is 71.1 Å². The Labute approximate surface area is 462 Å². The minimum absolute atomic E-state index is 0.0156. The van der Waals surface area contributed by atoms with Gasteiger partial charge in [-0.05, 0) is 59.7 Å². The summed E-state index contributed by atoms with van der Waals surface area (Å²) in [4.78, 5) is 127. The number of esters is 10. The molecule has 0 saturated heterocycles. The van der Waals surface area contributed by atoms with Crippen molar-refractivity contribution in [2.45, 2.75) is 72.7 Å². The molecule has 1 heterocycles. The first-order chi connectivity index (χ1) is 38.4. The standard InChI is InChI=1S/C55H58N2O24/c1-31(58)71-27-75-49(64)23-56(24-50(65)76-28-72-32(2)59)45-11-9-10-12-47(45)69-17-18-70-48-21-39-42(22-46(48)57(25-51(66)77-29-73-33(3)60)26-52(67)78-30-74-34(4)61)55(81-53(39)68)40-15-13-37(79-35(5)62)19-43(40)54(7,8)44-20-38(80-36(6)63)14-16-41(44)55/h9-16,19-22,51,66H,17-18,23-30H2,1-8H3. The fourth-order valence-corrected chi connectivity index (χ4v) is 8.68. The van der Waals surface area contributed by atoms with Gasteiger partial charge in [-0.15, -0.1) is 0 Å². The SMILES string of the molecule is CC(=O)OCOC(=O)CN(CC(=O)OCOC(C)=O)c1ccccc1OCCOc1cc2c(cc1N(CC(=O)OCOC(C)=O)CC(O)OCOC(C)=O)C1(OC2=O)c2ccc(OC(C)=O)cc2C(C)(C)c2cc(OC(C)=O)ccc21. The number of benzene rings is 4. The summed E-state index contributed by atoms with van der Waals surface area (Å²) in [5, 5.41) is 11.3. The van der Waals surface area contributed by atoms with E-state index in [-0.39, 0.29) is 58.7 Å². The first-order valence-electron chi connectivity index (χ1n) is 24.6. The van der Waals surface area contributed by atoms with E-state index < -0.39 is 130 Å². The minimum Gasteiger partial charge on any atom is -0.488 e. The molecule has 1 spiro atoms. The van der Waals surface area contributed by atoms with Crippen LogP contribution in [0.2, 0.25) is 0 Å². The number of nitrogens with zero attached hydrogens (tertiary/aromatic N) is 2. The van der Waals surface area contributed by atoms with Gasteiger partial charge in [0, 0.05) is 63.6 Å². The van der Waals surface area contributed by atoms with Gasteiger partial charge in [-0.25, -0.2) is 4.79 Å². The van der Waals surface area contributed by atoms with E-state index in [0.29, 0.717) is 22.3 Å². The lowest BCUT2D eigenvalue weighted by Crippen LogP contribution is -2.42. The Morgan fingerprint density at radius 2 is 0.963 bits per heavy atom. The zero-order valence-electron chi connectivity index (χ0n) is 45.3. The van der Waals surface area contributed by atoms with Gasteiger partial charge in [0.25, 0.3) is 0 Å². The molecule has 1 unspecified atom stereocenters. The van der Waals surface area contributed by atoms with Gasteiger partial charge in [-0.3, -0.25) is 43.2 Å². The highest BCUT2D eigenvalue weighted by Gasteiger charge is 2.56. The number of anilines is 2. The van der Waals surface area contributed by atoms with Crippen molar-refractivity contribution in [2.24, 2.45) is 0 Å². The van der Waals surface area contributed by atoms with Crippen molar-refractivity contribution in [2.75, 3.05) is 76.4 Å². The zero-order chi connectivity index (χ0) is 59.2. The molecule has 0 bridgehead atoms. The van der Waals surface area contributed by atoms with Gasteiger partial charge in [0.15, 0.2) is 18.7 Å². The Bertz CT molecular complexity index is 2970. The fourth-order valence-electron chi connectivity index (χ4n) is 8.68. The van der Waals surface area contributed by atoms with Gasteiger partial charge in [0.1, 0.15) is 55.8 Å². The molecule has 1 aliphatic carbocycles. The quantitative estimate of drug-likeness (QED) is 0.0307. The van der Waals surface area contributed by atoms with Crippen molar-refractivity contribution in [3.05, 3.63) is 106 Å². The lowest BCUT2D eigenvalue weighted by atomic mass is 9.61. The number of aliphatic hydroxyl groups excluding tert-OH is 1. The van der Waals surface area contributed by atoms with E-state index in [0.717, 1.165) is 27.7 Å². The van der Waals surface area contributed by atoms with E-state index >= 15 is 0 Å². The van der Waals surface area contributed by atoms with Gasteiger partial charge in [-0.2, -0.15) is 0 Å². The summed E-state index contributed by atoms with van der Waals surface area (Å²) >= 11 is 0. The predicted molar refractivity (Wildman–Crippen MR) is 273 cm³/mol. The molecule has 2 aliphatic rings. The molecule has 0 fully saturated rings. The Hall–Kier alpha value is -9.30. The number of rotatable bonds is 26. The monoisotopic (exact) mass is 1130 g/mol.